The van der Waals surface area contributed by atoms with Gasteiger partial charge in [-0.05, 0) is 30.7 Å². The third kappa shape index (κ3) is 3.18. The lowest BCUT2D eigenvalue weighted by Crippen LogP contribution is -2.47. The highest BCUT2D eigenvalue weighted by Crippen LogP contribution is 2.47. The van der Waals surface area contributed by atoms with Crippen molar-refractivity contribution >= 4 is 27.5 Å². The van der Waals surface area contributed by atoms with Crippen LogP contribution in [0.3, 0.4) is 0 Å². The number of benzene rings is 2. The van der Waals surface area contributed by atoms with Crippen molar-refractivity contribution in [1.82, 2.24) is 0 Å². The van der Waals surface area contributed by atoms with Gasteiger partial charge in [-0.25, -0.2) is 0 Å². The lowest BCUT2D eigenvalue weighted by atomic mass is 10.1. The summed E-state index contributed by atoms with van der Waals surface area (Å²) >= 11 is 3.49. The highest BCUT2D eigenvalue weighted by atomic mass is 79.9. The molecule has 2 aliphatic rings. The fourth-order valence-electron chi connectivity index (χ4n) is 3.47. The second kappa shape index (κ2) is 7.46. The number of para-hydroxylation sites is 1. The summed E-state index contributed by atoms with van der Waals surface area (Å²) in [5.74, 6) is -0.821. The molecule has 2 heterocycles. The first-order valence-corrected chi connectivity index (χ1v) is 9.66. The number of amides is 1. The Morgan fingerprint density at radius 1 is 1.22 bits per heavy atom. The van der Waals surface area contributed by atoms with Crippen LogP contribution in [0.2, 0.25) is 0 Å². The molecule has 0 saturated carbocycles. The first kappa shape index (κ1) is 18.2. The molecule has 0 atom stereocenters. The van der Waals surface area contributed by atoms with Gasteiger partial charge in [0.2, 0.25) is 0 Å². The Kier molecular flexibility index (Phi) is 5.04. The van der Waals surface area contributed by atoms with Crippen molar-refractivity contribution in [3.8, 4) is 5.75 Å². The van der Waals surface area contributed by atoms with Crippen LogP contribution in [0.25, 0.3) is 0 Å². The molecular formula is C21H20BrNO4. The van der Waals surface area contributed by atoms with Gasteiger partial charge in [-0.1, -0.05) is 46.8 Å². The predicted octanol–water partition coefficient (Wildman–Crippen LogP) is 4.15. The maximum absolute atomic E-state index is 13.4. The SMILES string of the molecule is C=CCOc1ccccc1CN1C(=O)C2(OCCCO2)c2cc(Br)ccc21. The zero-order chi connectivity index (χ0) is 18.9. The molecule has 0 N–H and O–H groups in total. The van der Waals surface area contributed by atoms with E-state index in [0.29, 0.717) is 26.4 Å². The number of hydrogen-bond donors (Lipinski definition) is 0. The van der Waals surface area contributed by atoms with Crippen molar-refractivity contribution in [2.24, 2.45) is 0 Å². The van der Waals surface area contributed by atoms with E-state index in [1.54, 1.807) is 11.0 Å². The summed E-state index contributed by atoms with van der Waals surface area (Å²) in [4.78, 5) is 15.1. The zero-order valence-corrected chi connectivity index (χ0v) is 16.4. The van der Waals surface area contributed by atoms with E-state index in [9.17, 15) is 4.79 Å². The Morgan fingerprint density at radius 3 is 2.78 bits per heavy atom. The van der Waals surface area contributed by atoms with E-state index >= 15 is 0 Å². The number of halogens is 1. The predicted molar refractivity (Wildman–Crippen MR) is 106 cm³/mol. The van der Waals surface area contributed by atoms with Crippen molar-refractivity contribution in [3.05, 3.63) is 70.7 Å². The van der Waals surface area contributed by atoms with Gasteiger partial charge < -0.3 is 19.1 Å². The molecule has 0 radical (unpaired) electrons. The Labute approximate surface area is 166 Å². The summed E-state index contributed by atoms with van der Waals surface area (Å²) in [6.07, 6.45) is 2.47. The van der Waals surface area contributed by atoms with Gasteiger partial charge >= 0.3 is 0 Å². The van der Waals surface area contributed by atoms with E-state index in [1.807, 2.05) is 42.5 Å². The van der Waals surface area contributed by atoms with E-state index in [-0.39, 0.29) is 5.91 Å². The van der Waals surface area contributed by atoms with E-state index in [1.165, 1.54) is 0 Å². The molecule has 1 fully saturated rings. The summed E-state index contributed by atoms with van der Waals surface area (Å²) < 4.78 is 18.4. The number of carbonyl (C=O) groups excluding carboxylic acids is 1. The number of carbonyl (C=O) groups is 1. The van der Waals surface area contributed by atoms with Gasteiger partial charge in [-0.3, -0.25) is 4.79 Å². The number of ether oxygens (including phenoxy) is 3. The van der Waals surface area contributed by atoms with Crippen LogP contribution < -0.4 is 9.64 Å². The van der Waals surface area contributed by atoms with Crippen LogP contribution in [0.4, 0.5) is 5.69 Å². The largest absolute Gasteiger partial charge is 0.489 e. The molecule has 140 valence electrons. The Bertz CT molecular complexity index is 876. The molecule has 1 amide bonds. The van der Waals surface area contributed by atoms with Gasteiger partial charge in [-0.15, -0.1) is 0 Å². The molecule has 2 aliphatic heterocycles. The van der Waals surface area contributed by atoms with Gasteiger partial charge in [0.1, 0.15) is 12.4 Å². The second-order valence-electron chi connectivity index (χ2n) is 6.43. The monoisotopic (exact) mass is 429 g/mol. The minimum Gasteiger partial charge on any atom is -0.489 e. The number of nitrogens with zero attached hydrogens (tertiary/aromatic N) is 1. The maximum atomic E-state index is 13.4. The van der Waals surface area contributed by atoms with E-state index in [2.05, 4.69) is 22.5 Å². The molecule has 2 aromatic rings. The summed E-state index contributed by atoms with van der Waals surface area (Å²) in [6.45, 7) is 5.45. The lowest BCUT2D eigenvalue weighted by Gasteiger charge is -2.32. The normalized spacial score (nSPS) is 17.8. The highest BCUT2D eigenvalue weighted by molar-refractivity contribution is 9.10. The Morgan fingerprint density at radius 2 is 2.00 bits per heavy atom. The molecular weight excluding hydrogens is 410 g/mol. The average Bonchev–Trinajstić information content (AvgIpc) is 2.90. The van der Waals surface area contributed by atoms with Gasteiger partial charge in [0, 0.05) is 15.6 Å². The van der Waals surface area contributed by atoms with Crippen molar-refractivity contribution in [1.29, 1.82) is 0 Å². The smallest absolute Gasteiger partial charge is 0.292 e. The van der Waals surface area contributed by atoms with Crippen molar-refractivity contribution in [3.63, 3.8) is 0 Å². The highest BCUT2D eigenvalue weighted by Gasteiger charge is 2.55. The quantitative estimate of drug-likeness (QED) is 0.669. The molecule has 1 saturated heterocycles. The molecule has 5 nitrogen and oxygen atoms in total. The van der Waals surface area contributed by atoms with Crippen LogP contribution in [-0.2, 0) is 26.6 Å². The zero-order valence-electron chi connectivity index (χ0n) is 14.8. The topological polar surface area (TPSA) is 48.0 Å². The summed E-state index contributed by atoms with van der Waals surface area (Å²) in [5, 5.41) is 0. The third-order valence-electron chi connectivity index (χ3n) is 4.69. The molecule has 0 aromatic heterocycles. The van der Waals surface area contributed by atoms with Crippen LogP contribution in [0.15, 0.2) is 59.6 Å². The molecule has 1 spiro atoms. The fraction of sp³-hybridized carbons (Fsp3) is 0.286. The summed E-state index contributed by atoms with van der Waals surface area (Å²) in [7, 11) is 0. The van der Waals surface area contributed by atoms with Gasteiger partial charge in [0.15, 0.2) is 0 Å². The lowest BCUT2D eigenvalue weighted by molar-refractivity contribution is -0.256. The van der Waals surface area contributed by atoms with E-state index in [0.717, 1.165) is 33.5 Å². The van der Waals surface area contributed by atoms with Crippen LogP contribution in [0.1, 0.15) is 17.5 Å². The minimum atomic E-state index is -1.35. The number of anilines is 1. The summed E-state index contributed by atoms with van der Waals surface area (Å²) in [5.41, 5.74) is 2.45. The van der Waals surface area contributed by atoms with Gasteiger partial charge in [-0.2, -0.15) is 0 Å². The van der Waals surface area contributed by atoms with Crippen LogP contribution >= 0.6 is 15.9 Å². The Hall–Kier alpha value is -2.15. The van der Waals surface area contributed by atoms with E-state index in [4.69, 9.17) is 14.2 Å². The van der Waals surface area contributed by atoms with Crippen LogP contribution in [-0.4, -0.2) is 25.7 Å². The number of hydrogen-bond acceptors (Lipinski definition) is 4. The second-order valence-corrected chi connectivity index (χ2v) is 7.34. The Balaban J connectivity index is 1.72. The average molecular weight is 430 g/mol. The number of rotatable bonds is 5. The first-order valence-electron chi connectivity index (χ1n) is 8.87. The van der Waals surface area contributed by atoms with Gasteiger partial charge in [0.25, 0.3) is 11.7 Å². The maximum Gasteiger partial charge on any atom is 0.292 e. The van der Waals surface area contributed by atoms with Crippen LogP contribution in [0, 0.1) is 0 Å². The number of fused-ring (bicyclic) bond motifs is 2. The summed E-state index contributed by atoms with van der Waals surface area (Å²) in [6, 6.07) is 13.4. The van der Waals surface area contributed by atoms with Gasteiger partial charge in [0.05, 0.1) is 25.4 Å². The third-order valence-corrected chi connectivity index (χ3v) is 5.18. The molecule has 0 aliphatic carbocycles. The standard InChI is InChI=1S/C21H20BrNO4/c1-2-10-25-19-7-4-3-6-15(19)14-23-18-9-8-16(22)13-17(18)21(20(23)24)26-11-5-12-27-21/h2-4,6-9,13H,1,5,10-12,14H2. The minimum absolute atomic E-state index is 0.200. The molecule has 2 aromatic carbocycles. The van der Waals surface area contributed by atoms with Crippen molar-refractivity contribution in [2.45, 2.75) is 18.8 Å². The molecule has 0 bridgehead atoms. The molecule has 4 rings (SSSR count). The molecule has 27 heavy (non-hydrogen) atoms. The van der Waals surface area contributed by atoms with Crippen molar-refractivity contribution < 1.29 is 19.0 Å². The van der Waals surface area contributed by atoms with E-state index < -0.39 is 5.79 Å². The van der Waals surface area contributed by atoms with Crippen molar-refractivity contribution in [2.75, 3.05) is 24.7 Å². The molecule has 6 heteroatoms. The fourth-order valence-corrected chi connectivity index (χ4v) is 3.83. The molecule has 0 unspecified atom stereocenters. The van der Waals surface area contributed by atoms with Crippen LogP contribution in [0.5, 0.6) is 5.75 Å². The first-order chi connectivity index (χ1) is 13.2.